The minimum absolute atomic E-state index is 0.0762. The molecule has 0 saturated heterocycles. The molecule has 1 amide bonds. The van der Waals surface area contributed by atoms with Crippen molar-refractivity contribution in [2.24, 2.45) is 0 Å². The number of pyridine rings is 1. The lowest BCUT2D eigenvalue weighted by atomic mass is 10.1. The first-order chi connectivity index (χ1) is 12.4. The number of hydrogen-bond donors (Lipinski definition) is 1. The van der Waals surface area contributed by atoms with Crippen LogP contribution in [0.5, 0.6) is 5.75 Å². The zero-order valence-corrected chi connectivity index (χ0v) is 15.8. The smallest absolute Gasteiger partial charge is 0.387 e. The predicted molar refractivity (Wildman–Crippen MR) is 98.8 cm³/mol. The lowest BCUT2D eigenvalue weighted by molar-refractivity contribution is -0.0498. The number of nitrogens with one attached hydrogen (secondary N) is 1. The van der Waals surface area contributed by atoms with Gasteiger partial charge >= 0.3 is 6.61 Å². The Morgan fingerprint density at radius 2 is 2.00 bits per heavy atom. The fourth-order valence-electron chi connectivity index (χ4n) is 2.22. The number of ether oxygens (including phenoxy) is 1. The van der Waals surface area contributed by atoms with E-state index in [0.29, 0.717) is 20.9 Å². The molecule has 1 aromatic carbocycles. The molecule has 0 spiro atoms. The van der Waals surface area contributed by atoms with E-state index in [1.165, 1.54) is 29.7 Å². The highest BCUT2D eigenvalue weighted by Crippen LogP contribution is 2.31. The minimum Gasteiger partial charge on any atom is -0.435 e. The maximum atomic E-state index is 12.3. The molecule has 26 heavy (non-hydrogen) atoms. The van der Waals surface area contributed by atoms with E-state index >= 15 is 0 Å². The van der Waals surface area contributed by atoms with Crippen LogP contribution in [0.3, 0.4) is 0 Å². The summed E-state index contributed by atoms with van der Waals surface area (Å²) in [5.74, 6) is -0.243. The molecule has 3 rings (SSSR count). The minimum atomic E-state index is -2.86. The number of alkyl halides is 2. The quantitative estimate of drug-likeness (QED) is 0.598. The van der Waals surface area contributed by atoms with Crippen LogP contribution in [0.4, 0.5) is 13.9 Å². The van der Waals surface area contributed by atoms with Crippen LogP contribution in [0.15, 0.2) is 47.2 Å². The van der Waals surface area contributed by atoms with Crippen molar-refractivity contribution in [3.63, 3.8) is 0 Å². The molecule has 3 aromatic rings. The number of hydrogen-bond acceptors (Lipinski definition) is 5. The van der Waals surface area contributed by atoms with E-state index in [0.717, 1.165) is 10.4 Å². The van der Waals surface area contributed by atoms with E-state index in [4.69, 9.17) is 0 Å². The van der Waals surface area contributed by atoms with Gasteiger partial charge in [-0.05, 0) is 53.2 Å². The maximum Gasteiger partial charge on any atom is 0.387 e. The summed E-state index contributed by atoms with van der Waals surface area (Å²) >= 11 is 4.59. The molecule has 2 heterocycles. The molecule has 0 aliphatic heterocycles. The van der Waals surface area contributed by atoms with Crippen molar-refractivity contribution >= 4 is 38.3 Å². The molecule has 0 bridgehead atoms. The van der Waals surface area contributed by atoms with Crippen LogP contribution in [0.25, 0.3) is 11.3 Å². The molecular formula is C17H12BrF2N3O2S. The summed E-state index contributed by atoms with van der Waals surface area (Å²) < 4.78 is 29.5. The van der Waals surface area contributed by atoms with E-state index in [9.17, 15) is 13.6 Å². The first-order valence-corrected chi connectivity index (χ1v) is 8.98. The lowest BCUT2D eigenvalue weighted by Crippen LogP contribution is -2.11. The van der Waals surface area contributed by atoms with Crippen molar-refractivity contribution in [2.75, 3.05) is 5.32 Å². The van der Waals surface area contributed by atoms with Crippen LogP contribution in [0.2, 0.25) is 0 Å². The highest BCUT2D eigenvalue weighted by molar-refractivity contribution is 9.10. The average Bonchev–Trinajstić information content (AvgIpc) is 2.95. The Balaban J connectivity index is 1.77. The maximum absolute atomic E-state index is 12.3. The molecule has 9 heteroatoms. The molecule has 1 N–H and O–H groups in total. The highest BCUT2D eigenvalue weighted by Gasteiger charge is 2.14. The summed E-state index contributed by atoms with van der Waals surface area (Å²) in [6.45, 7) is -0.997. The average molecular weight is 440 g/mol. The summed E-state index contributed by atoms with van der Waals surface area (Å²) in [5.41, 5.74) is 1.81. The monoisotopic (exact) mass is 439 g/mol. The molecule has 0 aliphatic rings. The highest BCUT2D eigenvalue weighted by atomic mass is 79.9. The van der Waals surface area contributed by atoms with Crippen LogP contribution < -0.4 is 10.1 Å². The second kappa shape index (κ2) is 7.88. The van der Waals surface area contributed by atoms with Crippen molar-refractivity contribution in [3.05, 3.63) is 57.6 Å². The Morgan fingerprint density at radius 3 is 2.65 bits per heavy atom. The Labute approximate surface area is 160 Å². The lowest BCUT2D eigenvalue weighted by Gasteiger charge is -2.05. The summed E-state index contributed by atoms with van der Waals surface area (Å²) in [6, 6.07) is 7.84. The number of carbonyl (C=O) groups is 1. The molecule has 0 aliphatic carbocycles. The third kappa shape index (κ3) is 4.41. The SMILES string of the molecule is Cc1sc(NC(=O)c2cncc(Br)c2)nc1-c1ccc(OC(F)F)cc1. The third-order valence-corrected chi connectivity index (χ3v) is 4.66. The Morgan fingerprint density at radius 1 is 1.27 bits per heavy atom. The van der Waals surface area contributed by atoms with E-state index in [2.05, 4.69) is 36.0 Å². The molecule has 0 radical (unpaired) electrons. The Hall–Kier alpha value is -2.39. The topological polar surface area (TPSA) is 64.1 Å². The standard InChI is InChI=1S/C17H12BrF2N3O2S/c1-9-14(10-2-4-13(5-3-10)25-16(19)20)22-17(26-9)23-15(24)11-6-12(18)8-21-7-11/h2-8,16H,1H3,(H,22,23,24). The van der Waals surface area contributed by atoms with Crippen molar-refractivity contribution in [1.29, 1.82) is 0 Å². The van der Waals surface area contributed by atoms with Crippen LogP contribution >= 0.6 is 27.3 Å². The van der Waals surface area contributed by atoms with Gasteiger partial charge in [0.05, 0.1) is 11.3 Å². The molecule has 0 fully saturated rings. The molecule has 0 saturated carbocycles. The van der Waals surface area contributed by atoms with Crippen LogP contribution in [0.1, 0.15) is 15.2 Å². The van der Waals surface area contributed by atoms with Gasteiger partial charge in [0, 0.05) is 27.3 Å². The first-order valence-electron chi connectivity index (χ1n) is 7.37. The summed E-state index contributed by atoms with van der Waals surface area (Å²) in [5, 5.41) is 3.18. The van der Waals surface area contributed by atoms with E-state index in [-0.39, 0.29) is 11.7 Å². The van der Waals surface area contributed by atoms with E-state index < -0.39 is 6.61 Å². The number of thiazole rings is 1. The largest absolute Gasteiger partial charge is 0.435 e. The Kier molecular flexibility index (Phi) is 5.58. The fourth-order valence-corrected chi connectivity index (χ4v) is 3.41. The van der Waals surface area contributed by atoms with Crippen LogP contribution in [-0.4, -0.2) is 22.5 Å². The van der Waals surface area contributed by atoms with Crippen LogP contribution in [0, 0.1) is 6.92 Å². The van der Waals surface area contributed by atoms with E-state index in [1.807, 2.05) is 6.92 Å². The van der Waals surface area contributed by atoms with Gasteiger partial charge in [0.1, 0.15) is 5.75 Å². The number of aryl methyl sites for hydroxylation is 1. The van der Waals surface area contributed by atoms with Crippen molar-refractivity contribution in [3.8, 4) is 17.0 Å². The number of anilines is 1. The zero-order chi connectivity index (χ0) is 18.7. The van der Waals surface area contributed by atoms with E-state index in [1.54, 1.807) is 24.4 Å². The van der Waals surface area contributed by atoms with Gasteiger partial charge in [-0.3, -0.25) is 15.1 Å². The van der Waals surface area contributed by atoms with Crippen molar-refractivity contribution in [2.45, 2.75) is 13.5 Å². The van der Waals surface area contributed by atoms with Gasteiger partial charge < -0.3 is 4.74 Å². The summed E-state index contributed by atoms with van der Waals surface area (Å²) in [4.78, 5) is 21.5. The van der Waals surface area contributed by atoms with Crippen molar-refractivity contribution in [1.82, 2.24) is 9.97 Å². The van der Waals surface area contributed by atoms with Gasteiger partial charge in [-0.15, -0.1) is 11.3 Å². The first kappa shape index (κ1) is 18.4. The normalized spacial score (nSPS) is 10.8. The number of halogens is 3. The second-order valence-corrected chi connectivity index (χ2v) is 7.29. The number of nitrogens with zero attached hydrogens (tertiary/aromatic N) is 2. The zero-order valence-electron chi connectivity index (χ0n) is 13.4. The van der Waals surface area contributed by atoms with Gasteiger partial charge in [0.25, 0.3) is 5.91 Å². The number of amides is 1. The molecule has 2 aromatic heterocycles. The van der Waals surface area contributed by atoms with Crippen LogP contribution in [-0.2, 0) is 0 Å². The number of rotatable bonds is 5. The molecule has 0 atom stereocenters. The molecular weight excluding hydrogens is 428 g/mol. The van der Waals surface area contributed by atoms with Gasteiger partial charge in [-0.25, -0.2) is 4.98 Å². The summed E-state index contributed by atoms with van der Waals surface area (Å²) in [7, 11) is 0. The van der Waals surface area contributed by atoms with Gasteiger partial charge in [0.15, 0.2) is 5.13 Å². The Bertz CT molecular complexity index is 932. The predicted octanol–water partition coefficient (Wildman–Crippen LogP) is 5.13. The fraction of sp³-hybridized carbons (Fsp3) is 0.118. The van der Waals surface area contributed by atoms with Gasteiger partial charge in [-0.2, -0.15) is 8.78 Å². The number of aromatic nitrogens is 2. The second-order valence-electron chi connectivity index (χ2n) is 5.17. The van der Waals surface area contributed by atoms with Gasteiger partial charge in [-0.1, -0.05) is 0 Å². The molecule has 0 unspecified atom stereocenters. The summed E-state index contributed by atoms with van der Waals surface area (Å²) in [6.07, 6.45) is 3.05. The molecule has 134 valence electrons. The molecule has 5 nitrogen and oxygen atoms in total. The van der Waals surface area contributed by atoms with Gasteiger partial charge in [0.2, 0.25) is 0 Å². The number of carbonyl (C=O) groups excluding carboxylic acids is 1. The third-order valence-electron chi connectivity index (χ3n) is 3.34. The number of benzene rings is 1. The van der Waals surface area contributed by atoms with Crippen molar-refractivity contribution < 1.29 is 18.3 Å².